The molecule has 2 aliphatic heterocycles. The first kappa shape index (κ1) is 19.1. The normalized spacial score (nSPS) is 25.2. The topological polar surface area (TPSA) is 38.8 Å². The predicted molar refractivity (Wildman–Crippen MR) is 104 cm³/mol. The van der Waals surface area contributed by atoms with E-state index >= 15 is 0 Å². The summed E-state index contributed by atoms with van der Waals surface area (Å²) in [6.45, 7) is 7.99. The molecule has 1 aromatic carbocycles. The number of fused-ring (bicyclic) bond motifs is 2. The number of amides is 1. The predicted octanol–water partition coefficient (Wildman–Crippen LogP) is 5.34. The van der Waals surface area contributed by atoms with Crippen molar-refractivity contribution >= 4 is 6.09 Å². The number of hydrogen-bond acceptors (Lipinski definition) is 3. The summed E-state index contributed by atoms with van der Waals surface area (Å²) in [5, 5.41) is 0. The Kier molecular flexibility index (Phi) is 5.79. The Morgan fingerprint density at radius 3 is 2.27 bits per heavy atom. The molecule has 4 heteroatoms. The van der Waals surface area contributed by atoms with Crippen molar-refractivity contribution in [3.8, 4) is 5.75 Å². The number of nitrogens with zero attached hydrogens (tertiary/aromatic N) is 1. The molecule has 3 rings (SSSR count). The third-order valence-electron chi connectivity index (χ3n) is 5.34. The summed E-state index contributed by atoms with van der Waals surface area (Å²) in [7, 11) is 0. The van der Waals surface area contributed by atoms with Gasteiger partial charge >= 0.3 is 6.09 Å². The van der Waals surface area contributed by atoms with Crippen LogP contribution in [-0.2, 0) is 11.2 Å². The quantitative estimate of drug-likeness (QED) is 0.712. The number of carbonyl (C=O) groups is 1. The van der Waals surface area contributed by atoms with E-state index in [9.17, 15) is 4.79 Å². The van der Waals surface area contributed by atoms with E-state index in [1.807, 2.05) is 25.7 Å². The Labute approximate surface area is 157 Å². The number of benzene rings is 1. The van der Waals surface area contributed by atoms with Gasteiger partial charge in [-0.1, -0.05) is 25.5 Å². The highest BCUT2D eigenvalue weighted by Crippen LogP contribution is 2.38. The SMILES string of the molecule is CCCCc1ccc(O[C@H]2C[C@H]3CC[C@@H](C2)N3C(=O)OC(C)(C)C)cc1. The van der Waals surface area contributed by atoms with E-state index in [0.717, 1.165) is 37.9 Å². The summed E-state index contributed by atoms with van der Waals surface area (Å²) in [5.41, 5.74) is 0.933. The van der Waals surface area contributed by atoms with Crippen molar-refractivity contribution in [1.29, 1.82) is 0 Å². The van der Waals surface area contributed by atoms with Crippen LogP contribution in [0.2, 0.25) is 0 Å². The molecule has 0 spiro atoms. The molecule has 2 fully saturated rings. The Morgan fingerprint density at radius 2 is 1.73 bits per heavy atom. The zero-order valence-electron chi connectivity index (χ0n) is 16.7. The molecule has 2 heterocycles. The maximum Gasteiger partial charge on any atom is 0.410 e. The van der Waals surface area contributed by atoms with Crippen LogP contribution in [0.1, 0.15) is 71.8 Å². The minimum absolute atomic E-state index is 0.163. The van der Waals surface area contributed by atoms with Crippen molar-refractivity contribution in [3.63, 3.8) is 0 Å². The van der Waals surface area contributed by atoms with Crippen molar-refractivity contribution in [1.82, 2.24) is 4.90 Å². The summed E-state index contributed by atoms with van der Waals surface area (Å²) in [4.78, 5) is 14.5. The van der Waals surface area contributed by atoms with E-state index in [-0.39, 0.29) is 24.3 Å². The number of unbranched alkanes of at least 4 members (excludes halogenated alkanes) is 1. The van der Waals surface area contributed by atoms with Gasteiger partial charge in [0.1, 0.15) is 17.5 Å². The van der Waals surface area contributed by atoms with E-state index < -0.39 is 5.60 Å². The van der Waals surface area contributed by atoms with Gasteiger partial charge in [-0.2, -0.15) is 0 Å². The summed E-state index contributed by atoms with van der Waals surface area (Å²) in [6.07, 6.45) is 7.51. The minimum Gasteiger partial charge on any atom is -0.490 e. The zero-order valence-corrected chi connectivity index (χ0v) is 16.7. The minimum atomic E-state index is -0.441. The van der Waals surface area contributed by atoms with Gasteiger partial charge < -0.3 is 14.4 Å². The van der Waals surface area contributed by atoms with Gasteiger partial charge in [0, 0.05) is 24.9 Å². The van der Waals surface area contributed by atoms with Crippen LogP contribution in [0.15, 0.2) is 24.3 Å². The Hall–Kier alpha value is -1.71. The second-order valence-electron chi connectivity index (χ2n) is 8.73. The van der Waals surface area contributed by atoms with Crippen LogP contribution >= 0.6 is 0 Å². The number of rotatable bonds is 5. The van der Waals surface area contributed by atoms with Crippen molar-refractivity contribution in [2.75, 3.05) is 0 Å². The Morgan fingerprint density at radius 1 is 1.12 bits per heavy atom. The monoisotopic (exact) mass is 359 g/mol. The standard InChI is InChI=1S/C22H33NO3/c1-5-6-7-16-8-12-19(13-9-16)25-20-14-17-10-11-18(15-20)23(17)21(24)26-22(2,3)4/h8-9,12-13,17-18,20H,5-7,10-11,14-15H2,1-4H3/t17-,18+,20+. The number of carbonyl (C=O) groups excluding carboxylic acids is 1. The Balaban J connectivity index is 1.56. The van der Waals surface area contributed by atoms with E-state index in [1.165, 1.54) is 18.4 Å². The average molecular weight is 360 g/mol. The van der Waals surface area contributed by atoms with E-state index in [1.54, 1.807) is 0 Å². The lowest BCUT2D eigenvalue weighted by Crippen LogP contribution is -2.50. The van der Waals surface area contributed by atoms with Crippen molar-refractivity contribution in [2.24, 2.45) is 0 Å². The van der Waals surface area contributed by atoms with Crippen molar-refractivity contribution in [3.05, 3.63) is 29.8 Å². The summed E-state index contributed by atoms with van der Waals surface area (Å²) in [6, 6.07) is 9.03. The molecule has 4 nitrogen and oxygen atoms in total. The van der Waals surface area contributed by atoms with Gasteiger partial charge in [0.05, 0.1) is 0 Å². The highest BCUT2D eigenvalue weighted by atomic mass is 16.6. The van der Waals surface area contributed by atoms with Gasteiger partial charge in [-0.05, 0) is 64.2 Å². The average Bonchev–Trinajstić information content (AvgIpc) is 2.84. The molecule has 0 aliphatic carbocycles. The van der Waals surface area contributed by atoms with Gasteiger partial charge in [0.2, 0.25) is 0 Å². The van der Waals surface area contributed by atoms with Crippen LogP contribution in [0.4, 0.5) is 4.79 Å². The maximum atomic E-state index is 12.5. The lowest BCUT2D eigenvalue weighted by Gasteiger charge is -2.39. The van der Waals surface area contributed by atoms with Crippen molar-refractivity contribution < 1.29 is 14.3 Å². The molecule has 2 aliphatic rings. The molecule has 2 bridgehead atoms. The lowest BCUT2D eigenvalue weighted by molar-refractivity contribution is -0.00707. The first-order chi connectivity index (χ1) is 12.4. The first-order valence-corrected chi connectivity index (χ1v) is 10.1. The maximum absolute atomic E-state index is 12.5. The molecule has 0 radical (unpaired) electrons. The fraction of sp³-hybridized carbons (Fsp3) is 0.682. The lowest BCUT2D eigenvalue weighted by atomic mass is 10.00. The smallest absolute Gasteiger partial charge is 0.410 e. The van der Waals surface area contributed by atoms with Crippen LogP contribution < -0.4 is 4.74 Å². The van der Waals surface area contributed by atoms with E-state index in [0.29, 0.717) is 0 Å². The molecule has 0 aromatic heterocycles. The molecule has 0 saturated carbocycles. The number of piperidine rings is 1. The van der Waals surface area contributed by atoms with Gasteiger partial charge in [0.25, 0.3) is 0 Å². The highest BCUT2D eigenvalue weighted by molar-refractivity contribution is 5.69. The Bertz CT molecular complexity index is 591. The fourth-order valence-electron chi connectivity index (χ4n) is 4.14. The van der Waals surface area contributed by atoms with Gasteiger partial charge in [-0.15, -0.1) is 0 Å². The van der Waals surface area contributed by atoms with Crippen LogP contribution in [0, 0.1) is 0 Å². The van der Waals surface area contributed by atoms with Crippen LogP contribution in [0.25, 0.3) is 0 Å². The molecule has 3 atom stereocenters. The van der Waals surface area contributed by atoms with Gasteiger partial charge in [-0.25, -0.2) is 4.79 Å². The molecular weight excluding hydrogens is 326 g/mol. The van der Waals surface area contributed by atoms with E-state index in [4.69, 9.17) is 9.47 Å². The summed E-state index contributed by atoms with van der Waals surface area (Å²) < 4.78 is 11.8. The highest BCUT2D eigenvalue weighted by Gasteiger charge is 2.45. The third kappa shape index (κ3) is 4.72. The second kappa shape index (κ2) is 7.89. The number of ether oxygens (including phenoxy) is 2. The van der Waals surface area contributed by atoms with Crippen LogP contribution in [0.3, 0.4) is 0 Å². The zero-order chi connectivity index (χ0) is 18.7. The molecule has 26 heavy (non-hydrogen) atoms. The molecule has 1 aromatic rings. The fourth-order valence-corrected chi connectivity index (χ4v) is 4.14. The van der Waals surface area contributed by atoms with Crippen molar-refractivity contribution in [2.45, 2.75) is 96.4 Å². The van der Waals surface area contributed by atoms with Gasteiger partial charge in [0.15, 0.2) is 0 Å². The van der Waals surface area contributed by atoms with Crippen LogP contribution in [-0.4, -0.2) is 34.8 Å². The molecule has 0 N–H and O–H groups in total. The summed E-state index contributed by atoms with van der Waals surface area (Å²) in [5.74, 6) is 0.945. The molecule has 0 unspecified atom stereocenters. The third-order valence-corrected chi connectivity index (χ3v) is 5.34. The molecule has 2 saturated heterocycles. The molecule has 144 valence electrons. The van der Waals surface area contributed by atoms with E-state index in [2.05, 4.69) is 31.2 Å². The second-order valence-corrected chi connectivity index (χ2v) is 8.73. The number of hydrogen-bond donors (Lipinski definition) is 0. The number of aryl methyl sites for hydroxylation is 1. The largest absolute Gasteiger partial charge is 0.490 e. The first-order valence-electron chi connectivity index (χ1n) is 10.1. The van der Waals surface area contributed by atoms with Crippen LogP contribution in [0.5, 0.6) is 5.75 Å². The van der Waals surface area contributed by atoms with Gasteiger partial charge in [-0.3, -0.25) is 0 Å². The molecule has 1 amide bonds. The summed E-state index contributed by atoms with van der Waals surface area (Å²) >= 11 is 0. The molecular formula is C22H33NO3.